The zero-order valence-electron chi connectivity index (χ0n) is 12.4. The SMILES string of the molecule is CCCNc1ncc([N+](=O)[O-])cc1C(=O)N(C)CC(C)O. The van der Waals surface area contributed by atoms with Gasteiger partial charge in [0.15, 0.2) is 0 Å². The van der Waals surface area contributed by atoms with Crippen molar-refractivity contribution in [2.24, 2.45) is 0 Å². The number of amides is 1. The van der Waals surface area contributed by atoms with Crippen molar-refractivity contribution in [3.63, 3.8) is 0 Å². The van der Waals surface area contributed by atoms with Gasteiger partial charge in [-0.05, 0) is 13.3 Å². The number of aliphatic hydroxyl groups is 1. The van der Waals surface area contributed by atoms with Crippen molar-refractivity contribution in [1.29, 1.82) is 0 Å². The fourth-order valence-electron chi connectivity index (χ4n) is 1.79. The van der Waals surface area contributed by atoms with E-state index in [9.17, 15) is 20.0 Å². The van der Waals surface area contributed by atoms with Gasteiger partial charge >= 0.3 is 0 Å². The number of nitrogens with zero attached hydrogens (tertiary/aromatic N) is 3. The number of aliphatic hydroxyl groups excluding tert-OH is 1. The average Bonchev–Trinajstić information content (AvgIpc) is 2.43. The van der Waals surface area contributed by atoms with Gasteiger partial charge in [0.2, 0.25) is 0 Å². The molecule has 1 atom stereocenters. The van der Waals surface area contributed by atoms with E-state index in [1.165, 1.54) is 18.0 Å². The van der Waals surface area contributed by atoms with Gasteiger partial charge in [-0.1, -0.05) is 6.92 Å². The molecule has 2 N–H and O–H groups in total. The number of nitro groups is 1. The number of pyridine rings is 1. The van der Waals surface area contributed by atoms with E-state index in [0.29, 0.717) is 12.4 Å². The lowest BCUT2D eigenvalue weighted by atomic mass is 10.2. The van der Waals surface area contributed by atoms with Crippen LogP contribution in [0.3, 0.4) is 0 Å². The monoisotopic (exact) mass is 296 g/mol. The molecular formula is C13H20N4O4. The minimum Gasteiger partial charge on any atom is -0.392 e. The van der Waals surface area contributed by atoms with Crippen LogP contribution < -0.4 is 5.32 Å². The maximum absolute atomic E-state index is 12.4. The van der Waals surface area contributed by atoms with E-state index in [1.54, 1.807) is 6.92 Å². The summed E-state index contributed by atoms with van der Waals surface area (Å²) in [6.07, 6.45) is 1.26. The van der Waals surface area contributed by atoms with Crippen molar-refractivity contribution < 1.29 is 14.8 Å². The number of aromatic nitrogens is 1. The number of likely N-dealkylation sites (N-methyl/N-ethyl adjacent to an activating group) is 1. The topological polar surface area (TPSA) is 109 Å². The minimum atomic E-state index is -0.683. The van der Waals surface area contributed by atoms with Crippen molar-refractivity contribution in [1.82, 2.24) is 9.88 Å². The first-order valence-corrected chi connectivity index (χ1v) is 6.68. The first-order chi connectivity index (χ1) is 9.86. The first-order valence-electron chi connectivity index (χ1n) is 6.68. The molecule has 0 saturated heterocycles. The molecule has 0 aliphatic carbocycles. The second-order valence-electron chi connectivity index (χ2n) is 4.81. The quantitative estimate of drug-likeness (QED) is 0.579. The van der Waals surface area contributed by atoms with Gasteiger partial charge in [0.25, 0.3) is 11.6 Å². The fourth-order valence-corrected chi connectivity index (χ4v) is 1.79. The largest absolute Gasteiger partial charge is 0.392 e. The van der Waals surface area contributed by atoms with Crippen LogP contribution in [0.5, 0.6) is 0 Å². The summed E-state index contributed by atoms with van der Waals surface area (Å²) >= 11 is 0. The lowest BCUT2D eigenvalue weighted by molar-refractivity contribution is -0.385. The molecule has 1 unspecified atom stereocenters. The van der Waals surface area contributed by atoms with Gasteiger partial charge in [-0.25, -0.2) is 4.98 Å². The van der Waals surface area contributed by atoms with E-state index < -0.39 is 16.9 Å². The molecule has 0 bridgehead atoms. The lowest BCUT2D eigenvalue weighted by Crippen LogP contribution is -2.33. The van der Waals surface area contributed by atoms with E-state index in [4.69, 9.17) is 0 Å². The number of anilines is 1. The molecule has 0 fully saturated rings. The molecule has 1 rings (SSSR count). The molecule has 1 heterocycles. The molecular weight excluding hydrogens is 276 g/mol. The molecule has 8 nitrogen and oxygen atoms in total. The van der Waals surface area contributed by atoms with Crippen LogP contribution in [0.25, 0.3) is 0 Å². The normalized spacial score (nSPS) is 11.8. The van der Waals surface area contributed by atoms with Gasteiger partial charge in [-0.2, -0.15) is 0 Å². The van der Waals surface area contributed by atoms with Gasteiger partial charge in [-0.3, -0.25) is 14.9 Å². The smallest absolute Gasteiger partial charge is 0.288 e. The second kappa shape index (κ2) is 7.53. The van der Waals surface area contributed by atoms with Crippen molar-refractivity contribution in [3.8, 4) is 0 Å². The Morgan fingerprint density at radius 1 is 1.62 bits per heavy atom. The molecule has 116 valence electrons. The molecule has 1 aromatic rings. The summed E-state index contributed by atoms with van der Waals surface area (Å²) in [6, 6.07) is 1.20. The maximum Gasteiger partial charge on any atom is 0.288 e. The Kier molecular flexibility index (Phi) is 6.04. The van der Waals surface area contributed by atoms with Gasteiger partial charge in [0, 0.05) is 26.2 Å². The predicted octanol–water partition coefficient (Wildman–Crippen LogP) is 1.26. The molecule has 8 heteroatoms. The standard InChI is InChI=1S/C13H20N4O4/c1-4-5-14-12-11(6-10(7-15-12)17(20)21)13(19)16(3)8-9(2)18/h6-7,9,18H,4-5,8H2,1-3H3,(H,14,15). The number of rotatable bonds is 7. The number of hydrogen-bond donors (Lipinski definition) is 2. The molecule has 0 radical (unpaired) electrons. The van der Waals surface area contributed by atoms with Crippen LogP contribution in [0, 0.1) is 10.1 Å². The van der Waals surface area contributed by atoms with Crippen molar-refractivity contribution in [3.05, 3.63) is 27.9 Å². The second-order valence-corrected chi connectivity index (χ2v) is 4.81. The fraction of sp³-hybridized carbons (Fsp3) is 0.538. The molecule has 1 aromatic heterocycles. The Hall–Kier alpha value is -2.22. The van der Waals surface area contributed by atoms with Crippen molar-refractivity contribution in [2.45, 2.75) is 26.4 Å². The van der Waals surface area contributed by atoms with E-state index in [1.807, 2.05) is 6.92 Å². The molecule has 21 heavy (non-hydrogen) atoms. The third-order valence-corrected chi connectivity index (χ3v) is 2.74. The van der Waals surface area contributed by atoms with E-state index in [2.05, 4.69) is 10.3 Å². The Balaban J connectivity index is 3.12. The summed E-state index contributed by atoms with van der Waals surface area (Å²) in [7, 11) is 1.53. The number of carbonyl (C=O) groups excluding carboxylic acids is 1. The molecule has 0 spiro atoms. The van der Waals surface area contributed by atoms with Crippen LogP contribution in [-0.2, 0) is 0 Å². The Morgan fingerprint density at radius 2 is 2.29 bits per heavy atom. The molecule has 1 amide bonds. The third kappa shape index (κ3) is 4.67. The van der Waals surface area contributed by atoms with Crippen LogP contribution in [0.1, 0.15) is 30.6 Å². The number of carbonyl (C=O) groups is 1. The third-order valence-electron chi connectivity index (χ3n) is 2.74. The Labute approximate surface area is 122 Å². The highest BCUT2D eigenvalue weighted by Gasteiger charge is 2.21. The zero-order valence-corrected chi connectivity index (χ0v) is 12.4. The zero-order chi connectivity index (χ0) is 16.0. The molecule has 0 aromatic carbocycles. The van der Waals surface area contributed by atoms with E-state index in [-0.39, 0.29) is 17.8 Å². The van der Waals surface area contributed by atoms with Crippen molar-refractivity contribution >= 4 is 17.4 Å². The summed E-state index contributed by atoms with van der Waals surface area (Å²) < 4.78 is 0. The van der Waals surface area contributed by atoms with Crippen LogP contribution in [0.4, 0.5) is 11.5 Å². The van der Waals surface area contributed by atoms with Crippen molar-refractivity contribution in [2.75, 3.05) is 25.5 Å². The summed E-state index contributed by atoms with van der Waals surface area (Å²) in [5.74, 6) is -0.115. The van der Waals surface area contributed by atoms with Crippen LogP contribution in [-0.4, -0.2) is 52.1 Å². The van der Waals surface area contributed by atoms with Crippen LogP contribution in [0.15, 0.2) is 12.3 Å². The Bertz CT molecular complexity index is 519. The minimum absolute atomic E-state index is 0.126. The highest BCUT2D eigenvalue weighted by molar-refractivity contribution is 5.99. The lowest BCUT2D eigenvalue weighted by Gasteiger charge is -2.20. The molecule has 0 saturated carbocycles. The summed E-state index contributed by atoms with van der Waals surface area (Å²) in [5.41, 5.74) is -0.119. The molecule has 0 aliphatic rings. The van der Waals surface area contributed by atoms with Gasteiger partial charge in [0.1, 0.15) is 12.0 Å². The highest BCUT2D eigenvalue weighted by Crippen LogP contribution is 2.20. The van der Waals surface area contributed by atoms with E-state index >= 15 is 0 Å². The Morgan fingerprint density at radius 3 is 2.81 bits per heavy atom. The van der Waals surface area contributed by atoms with Gasteiger partial charge in [-0.15, -0.1) is 0 Å². The predicted molar refractivity (Wildman–Crippen MR) is 78.3 cm³/mol. The maximum atomic E-state index is 12.4. The average molecular weight is 296 g/mol. The number of hydrogen-bond acceptors (Lipinski definition) is 6. The van der Waals surface area contributed by atoms with Crippen LogP contribution >= 0.6 is 0 Å². The summed E-state index contributed by atoms with van der Waals surface area (Å²) in [6.45, 7) is 4.26. The summed E-state index contributed by atoms with van der Waals surface area (Å²) in [5, 5.41) is 23.1. The number of nitrogens with one attached hydrogen (secondary N) is 1. The summed E-state index contributed by atoms with van der Waals surface area (Å²) in [4.78, 5) is 27.9. The molecule has 0 aliphatic heterocycles. The first kappa shape index (κ1) is 16.8. The van der Waals surface area contributed by atoms with Gasteiger partial charge in [0.05, 0.1) is 16.6 Å². The highest BCUT2D eigenvalue weighted by atomic mass is 16.6. The van der Waals surface area contributed by atoms with E-state index in [0.717, 1.165) is 12.6 Å². The van der Waals surface area contributed by atoms with Crippen LogP contribution in [0.2, 0.25) is 0 Å². The van der Waals surface area contributed by atoms with Gasteiger partial charge < -0.3 is 15.3 Å².